The molecule has 1 aliphatic heterocycles. The van der Waals surface area contributed by atoms with Crippen LogP contribution in [0, 0.1) is 12.8 Å². The van der Waals surface area contributed by atoms with E-state index in [9.17, 15) is 0 Å². The van der Waals surface area contributed by atoms with Gasteiger partial charge in [0.2, 0.25) is 5.69 Å². The van der Waals surface area contributed by atoms with Gasteiger partial charge in [-0.3, -0.25) is 0 Å². The van der Waals surface area contributed by atoms with Gasteiger partial charge in [-0.05, 0) is 63.4 Å². The van der Waals surface area contributed by atoms with Crippen LogP contribution < -0.4 is 9.30 Å². The van der Waals surface area contributed by atoms with Crippen molar-refractivity contribution in [1.82, 2.24) is 0 Å². The Kier molecular flexibility index (Phi) is 4.77. The van der Waals surface area contributed by atoms with Crippen molar-refractivity contribution in [3.8, 4) is 22.8 Å². The first-order chi connectivity index (χ1) is 16.6. The van der Waals surface area contributed by atoms with Crippen LogP contribution in [0.4, 0.5) is 0 Å². The number of nitrogens with zero attached hydrogens (tertiary/aromatic N) is 1. The minimum absolute atomic E-state index is 0.0668. The first kappa shape index (κ1) is 22.1. The van der Waals surface area contributed by atoms with E-state index < -0.39 is 0 Å². The zero-order valence-corrected chi connectivity index (χ0v) is 21.9. The summed E-state index contributed by atoms with van der Waals surface area (Å²) in [7, 11) is 2.16. The molecule has 0 saturated carbocycles. The number of ether oxygens (including phenoxy) is 1. The number of aromatic nitrogens is 1. The van der Waals surface area contributed by atoms with E-state index in [0.29, 0.717) is 5.92 Å². The van der Waals surface area contributed by atoms with Gasteiger partial charge in [0.1, 0.15) is 18.5 Å². The van der Waals surface area contributed by atoms with Crippen LogP contribution in [0.25, 0.3) is 43.6 Å². The van der Waals surface area contributed by atoms with Crippen LogP contribution >= 0.6 is 0 Å². The van der Waals surface area contributed by atoms with E-state index in [1.165, 1.54) is 60.3 Å². The van der Waals surface area contributed by atoms with Gasteiger partial charge in [0, 0.05) is 17.0 Å². The second kappa shape index (κ2) is 7.55. The highest BCUT2D eigenvalue weighted by Gasteiger charge is 2.36. The molecular formula is C33H34NO+. The summed E-state index contributed by atoms with van der Waals surface area (Å²) in [6, 6.07) is 20.3. The first-order valence-electron chi connectivity index (χ1n) is 12.8. The Bertz CT molecular complexity index is 1670. The molecule has 0 atom stereocenters. The van der Waals surface area contributed by atoms with Crippen molar-refractivity contribution < 1.29 is 9.30 Å². The fourth-order valence-electron chi connectivity index (χ4n) is 6.11. The van der Waals surface area contributed by atoms with Crippen LogP contribution in [0.2, 0.25) is 0 Å². The topological polar surface area (TPSA) is 13.1 Å². The van der Waals surface area contributed by atoms with E-state index in [4.69, 9.17) is 4.74 Å². The molecule has 4 aromatic carbocycles. The van der Waals surface area contributed by atoms with E-state index >= 15 is 0 Å². The third kappa shape index (κ3) is 3.26. The maximum absolute atomic E-state index is 6.97. The molecule has 6 rings (SSSR count). The minimum atomic E-state index is -0.0668. The van der Waals surface area contributed by atoms with Gasteiger partial charge in [0.25, 0.3) is 0 Å². The lowest BCUT2D eigenvalue weighted by Crippen LogP contribution is -2.32. The summed E-state index contributed by atoms with van der Waals surface area (Å²) in [5.74, 6) is 2.61. The van der Waals surface area contributed by atoms with Crippen molar-refractivity contribution in [2.24, 2.45) is 13.0 Å². The molecular weight excluding hydrogens is 426 g/mol. The average Bonchev–Trinajstić information content (AvgIpc) is 2.79. The number of benzene rings is 4. The number of hydrogen-bond acceptors (Lipinski definition) is 1. The van der Waals surface area contributed by atoms with E-state index in [0.717, 1.165) is 17.9 Å². The Morgan fingerprint density at radius 3 is 2.34 bits per heavy atom. The van der Waals surface area contributed by atoms with Gasteiger partial charge >= 0.3 is 0 Å². The second-order valence-electron chi connectivity index (χ2n) is 11.7. The van der Waals surface area contributed by atoms with Crippen molar-refractivity contribution in [2.45, 2.75) is 53.4 Å². The molecule has 2 heteroatoms. The Balaban J connectivity index is 1.77. The van der Waals surface area contributed by atoms with Gasteiger partial charge in [-0.1, -0.05) is 77.1 Å². The molecule has 35 heavy (non-hydrogen) atoms. The summed E-state index contributed by atoms with van der Waals surface area (Å²) in [5.41, 5.74) is 6.36. The van der Waals surface area contributed by atoms with Gasteiger partial charge in [0.05, 0.1) is 10.9 Å². The lowest BCUT2D eigenvalue weighted by molar-refractivity contribution is -0.659. The van der Waals surface area contributed by atoms with Gasteiger partial charge in [-0.2, -0.15) is 0 Å². The Morgan fingerprint density at radius 1 is 0.886 bits per heavy atom. The van der Waals surface area contributed by atoms with Gasteiger partial charge < -0.3 is 4.74 Å². The molecule has 0 amide bonds. The van der Waals surface area contributed by atoms with E-state index in [2.05, 4.69) is 114 Å². The fourth-order valence-corrected chi connectivity index (χ4v) is 6.11. The smallest absolute Gasteiger partial charge is 0.228 e. The maximum Gasteiger partial charge on any atom is 0.228 e. The molecule has 1 aromatic heterocycles. The molecule has 0 spiro atoms. The quantitative estimate of drug-likeness (QED) is 0.186. The molecule has 176 valence electrons. The van der Waals surface area contributed by atoms with Crippen molar-refractivity contribution in [3.63, 3.8) is 0 Å². The van der Waals surface area contributed by atoms with Crippen molar-refractivity contribution in [3.05, 3.63) is 77.5 Å². The summed E-state index contributed by atoms with van der Waals surface area (Å²) in [6.45, 7) is 13.7. The highest BCUT2D eigenvalue weighted by molar-refractivity contribution is 6.16. The number of pyridine rings is 1. The molecule has 0 saturated heterocycles. The molecule has 0 N–H and O–H groups in total. The highest BCUT2D eigenvalue weighted by atomic mass is 16.5. The third-order valence-corrected chi connectivity index (χ3v) is 7.54. The molecule has 1 aliphatic rings. The lowest BCUT2D eigenvalue weighted by atomic mass is 9.78. The maximum atomic E-state index is 6.97. The van der Waals surface area contributed by atoms with Crippen molar-refractivity contribution in [1.29, 1.82) is 0 Å². The fraction of sp³-hybridized carbons (Fsp3) is 0.303. The Labute approximate surface area is 208 Å². The van der Waals surface area contributed by atoms with Gasteiger partial charge in [-0.25, -0.2) is 4.57 Å². The lowest BCUT2D eigenvalue weighted by Gasteiger charge is -2.30. The predicted molar refractivity (Wildman–Crippen MR) is 148 cm³/mol. The summed E-state index contributed by atoms with van der Waals surface area (Å²) in [4.78, 5) is 0. The Hall–Kier alpha value is -3.39. The molecule has 2 heterocycles. The standard InChI is InChI=1S/C33H34NO/c1-19(2)16-21-12-13-24-22(17-21)18-27-29-25(24)14-15-34(7)31(29)28-20(3)23-10-8-9-11-26(23)30(32(28)35-27)33(4,5)6/h8-15,17-19H,16H2,1-7H3/q+1. The first-order valence-corrected chi connectivity index (χ1v) is 12.8. The molecule has 0 unspecified atom stereocenters. The second-order valence-corrected chi connectivity index (χ2v) is 11.7. The zero-order chi connectivity index (χ0) is 24.6. The Morgan fingerprint density at radius 2 is 1.63 bits per heavy atom. The van der Waals surface area contributed by atoms with Crippen LogP contribution in [-0.4, -0.2) is 0 Å². The number of hydrogen-bond donors (Lipinski definition) is 0. The van der Waals surface area contributed by atoms with Crippen LogP contribution in [-0.2, 0) is 18.9 Å². The zero-order valence-electron chi connectivity index (χ0n) is 21.9. The van der Waals surface area contributed by atoms with Crippen molar-refractivity contribution >= 4 is 32.3 Å². The van der Waals surface area contributed by atoms with E-state index in [1.807, 2.05) is 0 Å². The average molecular weight is 461 g/mol. The van der Waals surface area contributed by atoms with Gasteiger partial charge in [0.15, 0.2) is 6.20 Å². The van der Waals surface area contributed by atoms with E-state index in [-0.39, 0.29) is 5.41 Å². The third-order valence-electron chi connectivity index (χ3n) is 7.54. The van der Waals surface area contributed by atoms with Crippen LogP contribution in [0.1, 0.15) is 51.3 Å². The predicted octanol–water partition coefficient (Wildman–Crippen LogP) is 8.55. The normalized spacial score (nSPS) is 13.0. The molecule has 0 aliphatic carbocycles. The monoisotopic (exact) mass is 460 g/mol. The van der Waals surface area contributed by atoms with E-state index in [1.54, 1.807) is 0 Å². The minimum Gasteiger partial charge on any atom is -0.455 e. The largest absolute Gasteiger partial charge is 0.455 e. The summed E-state index contributed by atoms with van der Waals surface area (Å²) >= 11 is 0. The molecule has 0 fully saturated rings. The summed E-state index contributed by atoms with van der Waals surface area (Å²) < 4.78 is 9.24. The van der Waals surface area contributed by atoms with Crippen LogP contribution in [0.15, 0.2) is 60.8 Å². The highest BCUT2D eigenvalue weighted by Crippen LogP contribution is 2.54. The SMILES string of the molecule is Cc1c2c(c(C(C)(C)C)c3ccccc13)Oc1cc3cc(CC(C)C)ccc3c3cc[n+](C)c-2c13. The number of aryl methyl sites for hydroxylation is 2. The summed E-state index contributed by atoms with van der Waals surface area (Å²) in [6.07, 6.45) is 3.30. The molecule has 0 bridgehead atoms. The van der Waals surface area contributed by atoms with Gasteiger partial charge in [-0.15, -0.1) is 0 Å². The molecule has 2 nitrogen and oxygen atoms in total. The molecule has 0 radical (unpaired) electrons. The number of rotatable bonds is 2. The number of fused-ring (bicyclic) bond motifs is 5. The van der Waals surface area contributed by atoms with Crippen molar-refractivity contribution in [2.75, 3.05) is 0 Å². The summed E-state index contributed by atoms with van der Waals surface area (Å²) in [5, 5.41) is 7.61. The molecule has 5 aromatic rings. The van der Waals surface area contributed by atoms with Crippen LogP contribution in [0.5, 0.6) is 11.5 Å². The van der Waals surface area contributed by atoms with Crippen LogP contribution in [0.3, 0.4) is 0 Å².